The van der Waals surface area contributed by atoms with E-state index < -0.39 is 0 Å². The van der Waals surface area contributed by atoms with Crippen molar-refractivity contribution in [3.8, 4) is 33.6 Å². The Hall–Kier alpha value is -10.4. The smallest absolute Gasteiger partial charge is 0.0542 e. The van der Waals surface area contributed by atoms with E-state index in [9.17, 15) is 0 Å². The maximum absolute atomic E-state index is 2.38. The van der Waals surface area contributed by atoms with Gasteiger partial charge in [-0.1, -0.05) is 181 Å². The molecule has 13 aromatic carbocycles. The molecule has 2 aromatic heterocycles. The van der Waals surface area contributed by atoms with Gasteiger partial charge in [0.05, 0.1) is 22.1 Å². The lowest BCUT2D eigenvalue weighted by molar-refractivity contribution is 1.18. The molecule has 0 amide bonds. The molecule has 4 heteroatoms. The Morgan fingerprint density at radius 2 is 0.557 bits per heavy atom. The topological polar surface area (TPSA) is 16.3 Å². The molecule has 0 unspecified atom stereocenters. The van der Waals surface area contributed by atoms with Crippen molar-refractivity contribution in [2.45, 2.75) is 6.92 Å². The summed E-state index contributed by atoms with van der Waals surface area (Å²) in [7, 11) is 0. The van der Waals surface area contributed by atoms with Crippen molar-refractivity contribution in [1.29, 1.82) is 0 Å². The first-order valence-electron chi connectivity index (χ1n) is 27.2. The molecule has 372 valence electrons. The van der Waals surface area contributed by atoms with Crippen molar-refractivity contribution in [2.75, 3.05) is 9.80 Å². The number of aryl methyl sites for hydroxylation is 1. The summed E-state index contributed by atoms with van der Waals surface area (Å²) in [6.07, 6.45) is 0. The molecule has 79 heavy (non-hydrogen) atoms. The van der Waals surface area contributed by atoms with E-state index in [1.807, 2.05) is 0 Å². The quantitative estimate of drug-likeness (QED) is 0.127. The third kappa shape index (κ3) is 7.76. The molecule has 0 fully saturated rings. The second-order valence-electron chi connectivity index (χ2n) is 20.6. The predicted octanol–water partition coefficient (Wildman–Crippen LogP) is 20.8. The lowest BCUT2D eigenvalue weighted by atomic mass is 9.85. The fourth-order valence-electron chi connectivity index (χ4n) is 12.4. The molecule has 0 aliphatic carbocycles. The third-order valence-electron chi connectivity index (χ3n) is 15.9. The number of anilines is 6. The van der Waals surface area contributed by atoms with Gasteiger partial charge in [-0.25, -0.2) is 0 Å². The van der Waals surface area contributed by atoms with Crippen LogP contribution in [0, 0.1) is 6.92 Å². The van der Waals surface area contributed by atoms with Gasteiger partial charge in [-0.2, -0.15) is 0 Å². The minimum atomic E-state index is 1.09. The van der Waals surface area contributed by atoms with Crippen molar-refractivity contribution in [3.63, 3.8) is 0 Å². The maximum Gasteiger partial charge on any atom is 0.0542 e. The number of aromatic nitrogens is 2. The van der Waals surface area contributed by atoms with Gasteiger partial charge in [0.1, 0.15) is 0 Å². The molecule has 0 radical (unpaired) electrons. The van der Waals surface area contributed by atoms with Crippen molar-refractivity contribution in [3.05, 3.63) is 303 Å². The summed E-state index contributed by atoms with van der Waals surface area (Å²) in [6, 6.07) is 108. The molecule has 0 aliphatic heterocycles. The predicted molar refractivity (Wildman–Crippen MR) is 335 cm³/mol. The Balaban J connectivity index is 0.832. The number of nitrogens with zero attached hydrogens (tertiary/aromatic N) is 4. The van der Waals surface area contributed by atoms with Gasteiger partial charge in [0.25, 0.3) is 0 Å². The van der Waals surface area contributed by atoms with E-state index >= 15 is 0 Å². The van der Waals surface area contributed by atoms with E-state index in [2.05, 4.69) is 323 Å². The van der Waals surface area contributed by atoms with E-state index in [4.69, 9.17) is 0 Å². The average Bonchev–Trinajstić information content (AvgIpc) is 4.21. The molecule has 0 atom stereocenters. The SMILES string of the molecule is Cc1ccc2c(-c3ccc(N(c4ccccc4)c4ccc5c(c4)c4ccccc4n5-c4ccccc4)cc3)c3ccccc3c(-c3ccc(N(c4ccccc4)c4ccc5c(c4)c4ccccc4n5-c4ccccc4)cc3)c2c1. The van der Waals surface area contributed by atoms with Crippen LogP contribution < -0.4 is 9.80 Å². The van der Waals surface area contributed by atoms with Crippen LogP contribution >= 0.6 is 0 Å². The number of hydrogen-bond acceptors (Lipinski definition) is 2. The third-order valence-corrected chi connectivity index (χ3v) is 15.9. The minimum absolute atomic E-state index is 1.09. The van der Waals surface area contributed by atoms with Gasteiger partial charge in [-0.05, 0) is 172 Å². The van der Waals surface area contributed by atoms with Crippen LogP contribution in [-0.2, 0) is 0 Å². The lowest BCUT2D eigenvalue weighted by Gasteiger charge is -2.26. The summed E-state index contributed by atoms with van der Waals surface area (Å²) in [6.45, 7) is 2.21. The highest BCUT2D eigenvalue weighted by molar-refractivity contribution is 6.22. The number of hydrogen-bond donors (Lipinski definition) is 0. The summed E-state index contributed by atoms with van der Waals surface area (Å²) in [5.74, 6) is 0. The molecular weight excluding hydrogens is 957 g/mol. The van der Waals surface area contributed by atoms with Crippen LogP contribution in [0.25, 0.3) is 98.8 Å². The van der Waals surface area contributed by atoms with Gasteiger partial charge in [0.15, 0.2) is 0 Å². The van der Waals surface area contributed by atoms with Crippen molar-refractivity contribution < 1.29 is 0 Å². The summed E-state index contributed by atoms with van der Waals surface area (Å²) < 4.78 is 4.75. The fourth-order valence-corrected chi connectivity index (χ4v) is 12.4. The van der Waals surface area contributed by atoms with E-state index in [1.54, 1.807) is 0 Å². The Kier molecular flexibility index (Phi) is 11.0. The molecule has 4 nitrogen and oxygen atoms in total. The molecular formula is C75H52N4. The van der Waals surface area contributed by atoms with E-state index in [1.165, 1.54) is 93.0 Å². The maximum atomic E-state index is 2.38. The lowest BCUT2D eigenvalue weighted by Crippen LogP contribution is -2.09. The minimum Gasteiger partial charge on any atom is -0.310 e. The van der Waals surface area contributed by atoms with Crippen LogP contribution in [0.1, 0.15) is 5.56 Å². The highest BCUT2D eigenvalue weighted by atomic mass is 15.1. The summed E-state index contributed by atoms with van der Waals surface area (Å²) in [5, 5.41) is 9.80. The second kappa shape index (κ2) is 19.0. The van der Waals surface area contributed by atoms with Gasteiger partial charge < -0.3 is 18.9 Å². The van der Waals surface area contributed by atoms with Gasteiger partial charge >= 0.3 is 0 Å². The average molecular weight is 1010 g/mol. The number of rotatable bonds is 10. The Bertz CT molecular complexity index is 4750. The molecule has 0 spiro atoms. The molecule has 0 N–H and O–H groups in total. The zero-order valence-electron chi connectivity index (χ0n) is 43.6. The van der Waals surface area contributed by atoms with Gasteiger partial charge in [-0.15, -0.1) is 0 Å². The van der Waals surface area contributed by atoms with Crippen LogP contribution in [-0.4, -0.2) is 9.13 Å². The number of para-hydroxylation sites is 6. The van der Waals surface area contributed by atoms with Crippen LogP contribution in [0.4, 0.5) is 34.1 Å². The number of fused-ring (bicyclic) bond motifs is 8. The first-order chi connectivity index (χ1) is 39.1. The van der Waals surface area contributed by atoms with Crippen molar-refractivity contribution >= 4 is 99.3 Å². The zero-order valence-corrected chi connectivity index (χ0v) is 43.6. The highest BCUT2D eigenvalue weighted by Crippen LogP contribution is 2.47. The van der Waals surface area contributed by atoms with E-state index in [0.717, 1.165) is 45.5 Å². The second-order valence-corrected chi connectivity index (χ2v) is 20.6. The van der Waals surface area contributed by atoms with Crippen LogP contribution in [0.5, 0.6) is 0 Å². The van der Waals surface area contributed by atoms with Gasteiger partial charge in [0, 0.05) is 67.0 Å². The van der Waals surface area contributed by atoms with Crippen LogP contribution in [0.3, 0.4) is 0 Å². The monoisotopic (exact) mass is 1010 g/mol. The van der Waals surface area contributed by atoms with Gasteiger partial charge in [0.2, 0.25) is 0 Å². The van der Waals surface area contributed by atoms with Crippen LogP contribution in [0.2, 0.25) is 0 Å². The van der Waals surface area contributed by atoms with Crippen LogP contribution in [0.15, 0.2) is 297 Å². The standard InChI is InChI=1S/C75H52N4/c1-51-34-45-66-69(48-51)75(53-37-41-59(42-38-53)77(55-22-8-3-9-23-55)61-44-47-73-68(50-61)63-29-17-19-33-71(63)79(73)57-26-12-5-13-27-57)65-31-15-14-30-64(65)74(66)52-35-39-58(40-36-52)76(54-20-6-2-7-21-54)60-43-46-72-67(49-60)62-28-16-18-32-70(62)78(72)56-24-10-4-11-25-56/h2-50H,1H3. The van der Waals surface area contributed by atoms with Gasteiger partial charge in [-0.3, -0.25) is 0 Å². The Labute approximate surface area is 459 Å². The molecule has 0 saturated heterocycles. The largest absolute Gasteiger partial charge is 0.310 e. The molecule has 2 heterocycles. The van der Waals surface area contributed by atoms with Crippen molar-refractivity contribution in [1.82, 2.24) is 9.13 Å². The first kappa shape index (κ1) is 45.9. The first-order valence-corrected chi connectivity index (χ1v) is 27.2. The normalized spacial score (nSPS) is 11.6. The summed E-state index contributed by atoms with van der Waals surface area (Å²) in [5.41, 5.74) is 19.7. The Morgan fingerprint density at radius 3 is 1.00 bits per heavy atom. The number of benzene rings is 13. The highest BCUT2D eigenvalue weighted by Gasteiger charge is 2.22. The molecule has 0 saturated carbocycles. The van der Waals surface area contributed by atoms with E-state index in [-0.39, 0.29) is 0 Å². The Morgan fingerprint density at radius 1 is 0.228 bits per heavy atom. The summed E-state index contributed by atoms with van der Waals surface area (Å²) in [4.78, 5) is 4.76. The summed E-state index contributed by atoms with van der Waals surface area (Å²) >= 11 is 0. The zero-order chi connectivity index (χ0) is 52.4. The fraction of sp³-hybridized carbons (Fsp3) is 0.0133. The van der Waals surface area contributed by atoms with E-state index in [0.29, 0.717) is 0 Å². The van der Waals surface area contributed by atoms with Crippen molar-refractivity contribution in [2.24, 2.45) is 0 Å². The molecule has 15 aromatic rings. The molecule has 0 bridgehead atoms. The molecule has 0 aliphatic rings. The molecule has 15 rings (SSSR count).